The molecule has 0 radical (unpaired) electrons. The Morgan fingerprint density at radius 3 is 2.61 bits per heavy atom. The average Bonchev–Trinajstić information content (AvgIpc) is 3.16. The first-order chi connectivity index (χ1) is 13.6. The lowest BCUT2D eigenvalue weighted by Crippen LogP contribution is -2.26. The van der Waals surface area contributed by atoms with E-state index < -0.39 is 0 Å². The number of rotatable bonds is 5. The van der Waals surface area contributed by atoms with E-state index in [1.807, 2.05) is 24.3 Å². The molecule has 0 saturated heterocycles. The van der Waals surface area contributed by atoms with E-state index in [1.54, 1.807) is 20.2 Å². The molecule has 1 fully saturated rings. The molecule has 0 amide bonds. The quantitative estimate of drug-likeness (QED) is 0.698. The summed E-state index contributed by atoms with van der Waals surface area (Å²) in [7, 11) is 1.63. The maximum Gasteiger partial charge on any atom is 0.247 e. The smallest absolute Gasteiger partial charge is 0.247 e. The van der Waals surface area contributed by atoms with E-state index in [0.717, 1.165) is 35.4 Å². The second kappa shape index (κ2) is 7.96. The molecule has 146 valence electrons. The second-order valence-electron chi connectivity index (χ2n) is 7.42. The molecule has 2 aromatic heterocycles. The molecule has 28 heavy (non-hydrogen) atoms. The molecule has 2 heterocycles. The maximum atomic E-state index is 5.55. The number of hydrogen-bond acceptors (Lipinski definition) is 7. The van der Waals surface area contributed by atoms with Crippen molar-refractivity contribution >= 4 is 5.95 Å². The maximum absolute atomic E-state index is 5.55. The standard InChI is InChI=1S/C21H25N5O2/c1-13-7-9-17(10-8-13)23-21-22-12-18(20(24-21)27-3)15-5-4-6-16(11-15)19-26-25-14(2)28-19/h4-6,11-13,17H,7-10H2,1-3H3,(H,22,23,24). The fourth-order valence-electron chi connectivity index (χ4n) is 3.61. The summed E-state index contributed by atoms with van der Waals surface area (Å²) in [6.45, 7) is 4.09. The lowest BCUT2D eigenvalue weighted by molar-refractivity contribution is 0.359. The van der Waals surface area contributed by atoms with Crippen molar-refractivity contribution in [3.8, 4) is 28.5 Å². The summed E-state index contributed by atoms with van der Waals surface area (Å²) in [5.41, 5.74) is 2.60. The number of nitrogens with zero attached hydrogens (tertiary/aromatic N) is 4. The summed E-state index contributed by atoms with van der Waals surface area (Å²) < 4.78 is 11.1. The van der Waals surface area contributed by atoms with Crippen LogP contribution in [-0.4, -0.2) is 33.3 Å². The van der Waals surface area contributed by atoms with Crippen LogP contribution in [0.4, 0.5) is 5.95 Å². The Bertz CT molecular complexity index is 947. The molecule has 0 atom stereocenters. The van der Waals surface area contributed by atoms with Gasteiger partial charge in [-0.3, -0.25) is 0 Å². The van der Waals surface area contributed by atoms with E-state index in [2.05, 4.69) is 32.4 Å². The lowest BCUT2D eigenvalue weighted by atomic mass is 9.87. The zero-order chi connectivity index (χ0) is 19.5. The number of hydrogen-bond donors (Lipinski definition) is 1. The van der Waals surface area contributed by atoms with E-state index in [0.29, 0.717) is 29.7 Å². The molecule has 0 bridgehead atoms. The summed E-state index contributed by atoms with van der Waals surface area (Å²) >= 11 is 0. The third-order valence-electron chi connectivity index (χ3n) is 5.24. The summed E-state index contributed by atoms with van der Waals surface area (Å²) in [6, 6.07) is 8.27. The van der Waals surface area contributed by atoms with Gasteiger partial charge in [0.25, 0.3) is 0 Å². The third kappa shape index (κ3) is 3.98. The Labute approximate surface area is 164 Å². The molecule has 1 aromatic carbocycles. The highest BCUT2D eigenvalue weighted by molar-refractivity contribution is 5.73. The molecular formula is C21H25N5O2. The van der Waals surface area contributed by atoms with Gasteiger partial charge in [0.15, 0.2) is 0 Å². The molecule has 1 saturated carbocycles. The van der Waals surface area contributed by atoms with Crippen LogP contribution in [-0.2, 0) is 0 Å². The molecule has 3 aromatic rings. The first-order valence-corrected chi connectivity index (χ1v) is 9.71. The van der Waals surface area contributed by atoms with Crippen LogP contribution in [0, 0.1) is 12.8 Å². The summed E-state index contributed by atoms with van der Waals surface area (Å²) in [6.07, 6.45) is 6.60. The van der Waals surface area contributed by atoms with E-state index in [9.17, 15) is 0 Å². The van der Waals surface area contributed by atoms with Gasteiger partial charge in [-0.1, -0.05) is 19.1 Å². The average molecular weight is 379 g/mol. The van der Waals surface area contributed by atoms with Gasteiger partial charge in [-0.05, 0) is 49.3 Å². The zero-order valence-corrected chi connectivity index (χ0v) is 16.5. The molecule has 0 spiro atoms. The van der Waals surface area contributed by atoms with Gasteiger partial charge in [0.1, 0.15) is 0 Å². The van der Waals surface area contributed by atoms with Gasteiger partial charge in [-0.2, -0.15) is 4.98 Å². The fourth-order valence-corrected chi connectivity index (χ4v) is 3.61. The number of nitrogens with one attached hydrogen (secondary N) is 1. The second-order valence-corrected chi connectivity index (χ2v) is 7.42. The van der Waals surface area contributed by atoms with Crippen molar-refractivity contribution < 1.29 is 9.15 Å². The third-order valence-corrected chi connectivity index (χ3v) is 5.24. The van der Waals surface area contributed by atoms with Crippen LogP contribution >= 0.6 is 0 Å². The van der Waals surface area contributed by atoms with Gasteiger partial charge < -0.3 is 14.5 Å². The predicted octanol–water partition coefficient (Wildman–Crippen LogP) is 4.50. The van der Waals surface area contributed by atoms with E-state index in [-0.39, 0.29) is 0 Å². The minimum Gasteiger partial charge on any atom is -0.480 e. The normalized spacial score (nSPS) is 19.4. The molecule has 1 N–H and O–H groups in total. The first-order valence-electron chi connectivity index (χ1n) is 9.71. The number of benzene rings is 1. The summed E-state index contributed by atoms with van der Waals surface area (Å²) in [4.78, 5) is 9.12. The number of methoxy groups -OCH3 is 1. The van der Waals surface area contributed by atoms with Crippen LogP contribution in [0.2, 0.25) is 0 Å². The summed E-state index contributed by atoms with van der Waals surface area (Å²) in [5.74, 6) is 2.99. The van der Waals surface area contributed by atoms with Crippen molar-refractivity contribution in [1.29, 1.82) is 0 Å². The van der Waals surface area contributed by atoms with Crippen LogP contribution in [0.3, 0.4) is 0 Å². The highest BCUT2D eigenvalue weighted by Gasteiger charge is 2.20. The highest BCUT2D eigenvalue weighted by Crippen LogP contribution is 2.32. The van der Waals surface area contributed by atoms with Gasteiger partial charge in [-0.15, -0.1) is 10.2 Å². The van der Waals surface area contributed by atoms with E-state index in [4.69, 9.17) is 9.15 Å². The molecule has 0 aliphatic heterocycles. The van der Waals surface area contributed by atoms with Crippen molar-refractivity contribution in [2.24, 2.45) is 5.92 Å². The van der Waals surface area contributed by atoms with Crippen molar-refractivity contribution in [2.75, 3.05) is 12.4 Å². The molecule has 4 rings (SSSR count). The Hall–Kier alpha value is -2.96. The minimum absolute atomic E-state index is 0.427. The SMILES string of the molecule is COc1nc(NC2CCC(C)CC2)ncc1-c1cccc(-c2nnc(C)o2)c1. The van der Waals surface area contributed by atoms with Crippen LogP contribution in [0.25, 0.3) is 22.6 Å². The van der Waals surface area contributed by atoms with Gasteiger partial charge in [-0.25, -0.2) is 4.98 Å². The Balaban J connectivity index is 1.58. The zero-order valence-electron chi connectivity index (χ0n) is 16.5. The molecule has 1 aliphatic carbocycles. The predicted molar refractivity (Wildman–Crippen MR) is 107 cm³/mol. The molecule has 0 unspecified atom stereocenters. The van der Waals surface area contributed by atoms with Crippen LogP contribution in [0.1, 0.15) is 38.5 Å². The van der Waals surface area contributed by atoms with Gasteiger partial charge in [0.2, 0.25) is 23.6 Å². The Morgan fingerprint density at radius 2 is 1.89 bits per heavy atom. The van der Waals surface area contributed by atoms with Gasteiger partial charge in [0.05, 0.1) is 12.7 Å². The molecular weight excluding hydrogens is 354 g/mol. The summed E-state index contributed by atoms with van der Waals surface area (Å²) in [5, 5.41) is 11.4. The monoisotopic (exact) mass is 379 g/mol. The lowest BCUT2D eigenvalue weighted by Gasteiger charge is -2.27. The highest BCUT2D eigenvalue weighted by atomic mass is 16.5. The van der Waals surface area contributed by atoms with E-state index in [1.165, 1.54) is 12.8 Å². The van der Waals surface area contributed by atoms with Crippen molar-refractivity contribution in [2.45, 2.75) is 45.6 Å². The Morgan fingerprint density at radius 1 is 1.11 bits per heavy atom. The van der Waals surface area contributed by atoms with Crippen molar-refractivity contribution in [3.63, 3.8) is 0 Å². The van der Waals surface area contributed by atoms with E-state index >= 15 is 0 Å². The first kappa shape index (κ1) is 18.4. The molecule has 1 aliphatic rings. The van der Waals surface area contributed by atoms with Crippen LogP contribution in [0.5, 0.6) is 5.88 Å². The number of anilines is 1. The number of ether oxygens (including phenoxy) is 1. The van der Waals surface area contributed by atoms with Crippen molar-refractivity contribution in [1.82, 2.24) is 20.2 Å². The Kier molecular flexibility index (Phi) is 5.23. The largest absolute Gasteiger partial charge is 0.480 e. The molecule has 7 nitrogen and oxygen atoms in total. The fraction of sp³-hybridized carbons (Fsp3) is 0.429. The van der Waals surface area contributed by atoms with Crippen molar-refractivity contribution in [3.05, 3.63) is 36.4 Å². The topological polar surface area (TPSA) is 86.0 Å². The van der Waals surface area contributed by atoms with Gasteiger partial charge >= 0.3 is 0 Å². The van der Waals surface area contributed by atoms with Crippen LogP contribution in [0.15, 0.2) is 34.9 Å². The van der Waals surface area contributed by atoms with Gasteiger partial charge in [0, 0.05) is 24.7 Å². The number of aryl methyl sites for hydroxylation is 1. The van der Waals surface area contributed by atoms with Crippen LogP contribution < -0.4 is 10.1 Å². The minimum atomic E-state index is 0.427. The molecule has 7 heteroatoms. The number of aromatic nitrogens is 4.